The minimum absolute atomic E-state index is 0.329. The van der Waals surface area contributed by atoms with E-state index in [1.807, 2.05) is 55.5 Å². The molecule has 0 atom stereocenters. The zero-order chi connectivity index (χ0) is 20.4. The lowest BCUT2D eigenvalue weighted by Crippen LogP contribution is -2.19. The average molecular weight is 424 g/mol. The summed E-state index contributed by atoms with van der Waals surface area (Å²) in [6, 6.07) is 15.3. The lowest BCUT2D eigenvalue weighted by atomic mass is 10.1. The summed E-state index contributed by atoms with van der Waals surface area (Å²) in [5.41, 5.74) is 3.54. The summed E-state index contributed by atoms with van der Waals surface area (Å²) in [5.74, 6) is 0.760. The summed E-state index contributed by atoms with van der Waals surface area (Å²) in [5, 5.41) is 13.8. The van der Waals surface area contributed by atoms with E-state index >= 15 is 0 Å². The Morgan fingerprint density at radius 3 is 2.52 bits per heavy atom. The van der Waals surface area contributed by atoms with E-state index in [-0.39, 0.29) is 5.56 Å². The molecule has 2 aromatic carbocycles. The van der Waals surface area contributed by atoms with Gasteiger partial charge in [0.1, 0.15) is 11.4 Å². The number of benzene rings is 2. The van der Waals surface area contributed by atoms with Crippen LogP contribution in [-0.4, -0.2) is 27.4 Å². The second kappa shape index (κ2) is 7.98. The van der Waals surface area contributed by atoms with Crippen molar-refractivity contribution in [1.82, 2.24) is 15.2 Å². The number of H-pyrrole nitrogens is 1. The first kappa shape index (κ1) is 19.0. The van der Waals surface area contributed by atoms with Crippen LogP contribution in [0.5, 0.6) is 5.75 Å². The molecule has 0 saturated carbocycles. The number of aryl methyl sites for hydroxylation is 1. The Kier molecular flexibility index (Phi) is 5.24. The van der Waals surface area contributed by atoms with Gasteiger partial charge in [0.2, 0.25) is 0 Å². The first-order chi connectivity index (χ1) is 14.0. The first-order valence-electron chi connectivity index (χ1n) is 8.72. The Balaban J connectivity index is 1.60. The number of nitrogens with one attached hydrogen (secondary N) is 3. The molecule has 0 saturated heterocycles. The van der Waals surface area contributed by atoms with Crippen LogP contribution in [0.2, 0.25) is 0 Å². The number of aromatic amines is 1. The SMILES string of the molecule is COc1ccc(NC(=S)Nc2nc3c(=O)[nH]nc(-c4ccc(C)cc4)c3s2)cc1. The molecule has 2 aromatic heterocycles. The summed E-state index contributed by atoms with van der Waals surface area (Å²) < 4.78 is 5.85. The highest BCUT2D eigenvalue weighted by Gasteiger charge is 2.15. The molecule has 29 heavy (non-hydrogen) atoms. The highest BCUT2D eigenvalue weighted by atomic mass is 32.1. The number of thiazole rings is 1. The van der Waals surface area contributed by atoms with Gasteiger partial charge in [0.05, 0.1) is 11.8 Å². The number of hydrogen-bond donors (Lipinski definition) is 3. The van der Waals surface area contributed by atoms with E-state index < -0.39 is 0 Å². The Morgan fingerprint density at radius 1 is 1.10 bits per heavy atom. The van der Waals surface area contributed by atoms with Gasteiger partial charge in [-0.25, -0.2) is 10.1 Å². The van der Waals surface area contributed by atoms with Gasteiger partial charge >= 0.3 is 0 Å². The molecule has 9 heteroatoms. The van der Waals surface area contributed by atoms with Crippen LogP contribution in [0, 0.1) is 6.92 Å². The normalized spacial score (nSPS) is 10.7. The van der Waals surface area contributed by atoms with E-state index in [4.69, 9.17) is 17.0 Å². The van der Waals surface area contributed by atoms with Gasteiger partial charge in [-0.2, -0.15) is 5.10 Å². The molecule has 7 nitrogen and oxygen atoms in total. The number of ether oxygens (including phenoxy) is 1. The quantitative estimate of drug-likeness (QED) is 0.424. The van der Waals surface area contributed by atoms with Crippen molar-refractivity contribution in [2.75, 3.05) is 17.7 Å². The third-order valence-electron chi connectivity index (χ3n) is 4.22. The van der Waals surface area contributed by atoms with Crippen molar-refractivity contribution < 1.29 is 4.74 Å². The van der Waals surface area contributed by atoms with E-state index in [2.05, 4.69) is 25.8 Å². The zero-order valence-corrected chi connectivity index (χ0v) is 17.3. The van der Waals surface area contributed by atoms with Gasteiger partial charge in [0, 0.05) is 11.3 Å². The maximum Gasteiger partial charge on any atom is 0.291 e. The van der Waals surface area contributed by atoms with Crippen molar-refractivity contribution >= 4 is 49.7 Å². The number of aromatic nitrogens is 3. The summed E-state index contributed by atoms with van der Waals surface area (Å²) in [6.07, 6.45) is 0. The van der Waals surface area contributed by atoms with Crippen molar-refractivity contribution in [2.45, 2.75) is 6.92 Å². The minimum atomic E-state index is -0.339. The van der Waals surface area contributed by atoms with E-state index in [9.17, 15) is 4.79 Å². The molecule has 146 valence electrons. The molecule has 3 N–H and O–H groups in total. The molecule has 0 aliphatic heterocycles. The molecular formula is C20H17N5O2S2. The topological polar surface area (TPSA) is 91.9 Å². The maximum absolute atomic E-state index is 12.2. The van der Waals surface area contributed by atoms with Crippen LogP contribution in [0.1, 0.15) is 5.56 Å². The Morgan fingerprint density at radius 2 is 1.83 bits per heavy atom. The van der Waals surface area contributed by atoms with Crippen LogP contribution in [0.25, 0.3) is 21.5 Å². The number of anilines is 2. The van der Waals surface area contributed by atoms with Crippen molar-refractivity contribution in [3.63, 3.8) is 0 Å². The third-order valence-corrected chi connectivity index (χ3v) is 5.40. The maximum atomic E-state index is 12.2. The molecule has 0 aliphatic rings. The van der Waals surface area contributed by atoms with Crippen molar-refractivity contribution in [1.29, 1.82) is 0 Å². The summed E-state index contributed by atoms with van der Waals surface area (Å²) in [6.45, 7) is 2.02. The number of rotatable bonds is 4. The minimum Gasteiger partial charge on any atom is -0.497 e. The van der Waals surface area contributed by atoms with Gasteiger partial charge in [0.25, 0.3) is 5.56 Å². The van der Waals surface area contributed by atoms with E-state index in [0.717, 1.165) is 22.6 Å². The first-order valence-corrected chi connectivity index (χ1v) is 9.94. The molecule has 0 amide bonds. The van der Waals surface area contributed by atoms with E-state index in [1.54, 1.807) is 7.11 Å². The molecule has 0 spiro atoms. The number of nitrogens with zero attached hydrogens (tertiary/aromatic N) is 2. The second-order valence-corrected chi connectivity index (χ2v) is 7.68. The molecule has 2 heterocycles. The van der Waals surface area contributed by atoms with Crippen LogP contribution < -0.4 is 20.9 Å². The fraction of sp³-hybridized carbons (Fsp3) is 0.100. The van der Waals surface area contributed by atoms with E-state index in [1.165, 1.54) is 11.3 Å². The smallest absolute Gasteiger partial charge is 0.291 e. The van der Waals surface area contributed by atoms with Gasteiger partial charge in [-0.1, -0.05) is 41.2 Å². The average Bonchev–Trinajstić information content (AvgIpc) is 3.14. The summed E-state index contributed by atoms with van der Waals surface area (Å²) in [7, 11) is 1.61. The predicted molar refractivity (Wildman–Crippen MR) is 121 cm³/mol. The van der Waals surface area contributed by atoms with Crippen LogP contribution in [0.3, 0.4) is 0 Å². The molecule has 0 fully saturated rings. The number of fused-ring (bicyclic) bond motifs is 1. The Labute approximate surface area is 175 Å². The Bertz CT molecular complexity index is 1230. The number of methoxy groups -OCH3 is 1. The lowest BCUT2D eigenvalue weighted by Gasteiger charge is -2.08. The summed E-state index contributed by atoms with van der Waals surface area (Å²) in [4.78, 5) is 16.6. The Hall–Kier alpha value is -3.30. The molecule has 0 aliphatic carbocycles. The van der Waals surface area contributed by atoms with Gasteiger partial charge in [-0.15, -0.1) is 0 Å². The fourth-order valence-corrected chi connectivity index (χ4v) is 4.00. The van der Waals surface area contributed by atoms with Crippen LogP contribution in [0.4, 0.5) is 10.8 Å². The molecule has 4 rings (SSSR count). The van der Waals surface area contributed by atoms with Crippen molar-refractivity contribution in [2.24, 2.45) is 0 Å². The highest BCUT2D eigenvalue weighted by Crippen LogP contribution is 2.31. The molecule has 0 bridgehead atoms. The largest absolute Gasteiger partial charge is 0.497 e. The number of thiocarbonyl (C=S) groups is 1. The van der Waals surface area contributed by atoms with Gasteiger partial charge in [-0.3, -0.25) is 4.79 Å². The molecule has 0 unspecified atom stereocenters. The third kappa shape index (κ3) is 4.10. The van der Waals surface area contributed by atoms with Gasteiger partial charge < -0.3 is 15.4 Å². The summed E-state index contributed by atoms with van der Waals surface area (Å²) >= 11 is 6.70. The van der Waals surface area contributed by atoms with Crippen LogP contribution in [0.15, 0.2) is 53.3 Å². The number of hydrogen-bond acceptors (Lipinski definition) is 6. The zero-order valence-electron chi connectivity index (χ0n) is 15.6. The van der Waals surface area contributed by atoms with Gasteiger partial charge in [-0.05, 0) is 43.4 Å². The second-order valence-electron chi connectivity index (χ2n) is 6.27. The predicted octanol–water partition coefficient (Wildman–Crippen LogP) is 4.17. The lowest BCUT2D eigenvalue weighted by molar-refractivity contribution is 0.415. The monoisotopic (exact) mass is 423 g/mol. The van der Waals surface area contributed by atoms with Gasteiger partial charge in [0.15, 0.2) is 15.8 Å². The standard InChI is InChI=1S/C20H17N5O2S2/c1-11-3-5-12(6-4-11)15-17-16(18(26)25-24-15)22-20(29-17)23-19(28)21-13-7-9-14(27-2)10-8-13/h3-10H,1-2H3,(H,25,26)(H2,21,22,23,28). The highest BCUT2D eigenvalue weighted by molar-refractivity contribution is 7.80. The van der Waals surface area contributed by atoms with Crippen LogP contribution >= 0.6 is 23.6 Å². The molecule has 0 radical (unpaired) electrons. The van der Waals surface area contributed by atoms with Crippen LogP contribution in [-0.2, 0) is 0 Å². The van der Waals surface area contributed by atoms with Crippen molar-refractivity contribution in [3.05, 3.63) is 64.4 Å². The van der Waals surface area contributed by atoms with E-state index in [0.29, 0.717) is 26.2 Å². The molecule has 4 aromatic rings. The van der Waals surface area contributed by atoms with Crippen molar-refractivity contribution in [3.8, 4) is 17.0 Å². The molecular weight excluding hydrogens is 406 g/mol. The fourth-order valence-electron chi connectivity index (χ4n) is 2.74.